The van der Waals surface area contributed by atoms with E-state index in [1.165, 1.54) is 0 Å². The summed E-state index contributed by atoms with van der Waals surface area (Å²) in [5.41, 5.74) is 1.20. The van der Waals surface area contributed by atoms with Crippen LogP contribution in [0.2, 0.25) is 10.0 Å². The molecule has 0 aliphatic rings. The predicted molar refractivity (Wildman–Crippen MR) is 99.7 cm³/mol. The molecule has 26 heavy (non-hydrogen) atoms. The van der Waals surface area contributed by atoms with Crippen LogP contribution in [-0.4, -0.2) is 23.2 Å². The topological polar surface area (TPSA) is 77.2 Å². The third kappa shape index (κ3) is 4.33. The van der Waals surface area contributed by atoms with E-state index in [4.69, 9.17) is 32.4 Å². The summed E-state index contributed by atoms with van der Waals surface area (Å²) in [4.78, 5) is 12.1. The standard InChI is InChI=1S/C18H15Cl2N3O3/c1-25-15-5-3-2-4-12(15)18-23-22-17(26-18)9-8-16(24)21-14-7-6-11(19)10-13(14)20/h2-7,10H,8-9H2,1H3,(H,21,24). The Morgan fingerprint density at radius 1 is 1.19 bits per heavy atom. The molecule has 0 atom stereocenters. The number of methoxy groups -OCH3 is 1. The molecule has 8 heteroatoms. The molecule has 3 aromatic rings. The number of hydrogen-bond acceptors (Lipinski definition) is 5. The Bertz CT molecular complexity index is 928. The van der Waals surface area contributed by atoms with E-state index in [1.807, 2.05) is 24.3 Å². The summed E-state index contributed by atoms with van der Waals surface area (Å²) < 4.78 is 10.9. The maximum Gasteiger partial charge on any atom is 0.251 e. The summed E-state index contributed by atoms with van der Waals surface area (Å²) in [6.45, 7) is 0. The minimum Gasteiger partial charge on any atom is -0.496 e. The first-order chi connectivity index (χ1) is 12.6. The van der Waals surface area contributed by atoms with E-state index < -0.39 is 0 Å². The summed E-state index contributed by atoms with van der Waals surface area (Å²) >= 11 is 11.9. The van der Waals surface area contributed by atoms with Crippen LogP contribution in [0.1, 0.15) is 12.3 Å². The number of halogens is 2. The quantitative estimate of drug-likeness (QED) is 0.662. The summed E-state index contributed by atoms with van der Waals surface area (Å²) in [6.07, 6.45) is 0.478. The number of aromatic nitrogens is 2. The van der Waals surface area contributed by atoms with Crippen molar-refractivity contribution in [1.82, 2.24) is 10.2 Å². The minimum absolute atomic E-state index is 0.173. The van der Waals surface area contributed by atoms with Crippen molar-refractivity contribution in [1.29, 1.82) is 0 Å². The van der Waals surface area contributed by atoms with Crippen molar-refractivity contribution in [2.24, 2.45) is 0 Å². The second-order valence-electron chi connectivity index (χ2n) is 5.37. The lowest BCUT2D eigenvalue weighted by Crippen LogP contribution is -2.12. The van der Waals surface area contributed by atoms with Crippen LogP contribution in [-0.2, 0) is 11.2 Å². The third-order valence-corrected chi connectivity index (χ3v) is 4.12. The zero-order valence-electron chi connectivity index (χ0n) is 13.8. The maximum absolute atomic E-state index is 12.1. The van der Waals surface area contributed by atoms with E-state index in [1.54, 1.807) is 25.3 Å². The molecule has 0 saturated heterocycles. The van der Waals surface area contributed by atoms with Crippen molar-refractivity contribution < 1.29 is 13.9 Å². The Balaban J connectivity index is 1.62. The van der Waals surface area contributed by atoms with Gasteiger partial charge in [0.1, 0.15) is 5.75 Å². The summed E-state index contributed by atoms with van der Waals surface area (Å²) in [6, 6.07) is 12.2. The average Bonchev–Trinajstić information content (AvgIpc) is 3.11. The molecule has 6 nitrogen and oxygen atoms in total. The van der Waals surface area contributed by atoms with Crippen molar-refractivity contribution in [2.75, 3.05) is 12.4 Å². The van der Waals surface area contributed by atoms with Gasteiger partial charge in [-0.05, 0) is 30.3 Å². The molecule has 0 saturated carbocycles. The molecule has 1 aromatic heterocycles. The molecule has 134 valence electrons. The van der Waals surface area contributed by atoms with Gasteiger partial charge in [0.25, 0.3) is 5.89 Å². The van der Waals surface area contributed by atoms with Gasteiger partial charge in [-0.2, -0.15) is 0 Å². The molecule has 1 N–H and O–H groups in total. The zero-order valence-corrected chi connectivity index (χ0v) is 15.3. The first-order valence-corrected chi connectivity index (χ1v) is 8.53. The van der Waals surface area contributed by atoms with Crippen LogP contribution in [0.15, 0.2) is 46.9 Å². The monoisotopic (exact) mass is 391 g/mol. The van der Waals surface area contributed by atoms with Crippen molar-refractivity contribution >= 4 is 34.8 Å². The number of carbonyl (C=O) groups is 1. The second kappa shape index (κ2) is 8.21. The number of rotatable bonds is 6. The minimum atomic E-state index is -0.216. The number of nitrogens with one attached hydrogen (secondary N) is 1. The lowest BCUT2D eigenvalue weighted by molar-refractivity contribution is -0.116. The van der Waals surface area contributed by atoms with Crippen molar-refractivity contribution in [3.63, 3.8) is 0 Å². The fourth-order valence-corrected chi connectivity index (χ4v) is 2.76. The first kappa shape index (κ1) is 18.2. The van der Waals surface area contributed by atoms with Crippen molar-refractivity contribution in [2.45, 2.75) is 12.8 Å². The average molecular weight is 392 g/mol. The zero-order chi connectivity index (χ0) is 18.5. The van der Waals surface area contributed by atoms with Gasteiger partial charge >= 0.3 is 0 Å². The first-order valence-electron chi connectivity index (χ1n) is 7.77. The van der Waals surface area contributed by atoms with Gasteiger partial charge in [0.05, 0.1) is 23.4 Å². The molecule has 0 radical (unpaired) electrons. The Labute approximate surface area is 160 Å². The molecule has 0 fully saturated rings. The molecular weight excluding hydrogens is 377 g/mol. The number of amides is 1. The van der Waals surface area contributed by atoms with Crippen LogP contribution < -0.4 is 10.1 Å². The van der Waals surface area contributed by atoms with Crippen LogP contribution in [0.5, 0.6) is 5.75 Å². The Morgan fingerprint density at radius 2 is 2.00 bits per heavy atom. The van der Waals surface area contributed by atoms with Gasteiger partial charge in [-0.15, -0.1) is 10.2 Å². The summed E-state index contributed by atoms with van der Waals surface area (Å²) in [5, 5.41) is 11.6. The van der Waals surface area contributed by atoms with E-state index in [0.29, 0.717) is 45.2 Å². The van der Waals surface area contributed by atoms with Crippen LogP contribution in [0.4, 0.5) is 5.69 Å². The Morgan fingerprint density at radius 3 is 2.77 bits per heavy atom. The smallest absolute Gasteiger partial charge is 0.251 e. The molecule has 2 aromatic carbocycles. The Kier molecular flexibility index (Phi) is 5.75. The normalized spacial score (nSPS) is 10.6. The lowest BCUT2D eigenvalue weighted by Gasteiger charge is -2.06. The summed E-state index contributed by atoms with van der Waals surface area (Å²) in [5.74, 6) is 1.13. The van der Waals surface area contributed by atoms with E-state index >= 15 is 0 Å². The lowest BCUT2D eigenvalue weighted by atomic mass is 10.2. The fourth-order valence-electron chi connectivity index (χ4n) is 2.31. The molecule has 0 spiro atoms. The molecular formula is C18H15Cl2N3O3. The van der Waals surface area contributed by atoms with Crippen molar-refractivity contribution in [3.8, 4) is 17.2 Å². The van der Waals surface area contributed by atoms with Gasteiger partial charge in [0, 0.05) is 17.9 Å². The van der Waals surface area contributed by atoms with Gasteiger partial charge in [-0.3, -0.25) is 4.79 Å². The molecule has 1 amide bonds. The number of para-hydroxylation sites is 1. The maximum atomic E-state index is 12.1. The van der Waals surface area contributed by atoms with E-state index in [9.17, 15) is 4.79 Å². The van der Waals surface area contributed by atoms with Gasteiger partial charge in [0.2, 0.25) is 11.8 Å². The molecule has 0 aliphatic heterocycles. The predicted octanol–water partition coefficient (Wildman–Crippen LogP) is 4.62. The van der Waals surface area contributed by atoms with E-state index in [2.05, 4.69) is 15.5 Å². The third-order valence-electron chi connectivity index (χ3n) is 3.58. The number of hydrogen-bond donors (Lipinski definition) is 1. The highest BCUT2D eigenvalue weighted by Crippen LogP contribution is 2.28. The Hall–Kier alpha value is -2.57. The second-order valence-corrected chi connectivity index (χ2v) is 6.22. The molecule has 1 heterocycles. The largest absolute Gasteiger partial charge is 0.496 e. The number of benzene rings is 2. The van der Waals surface area contributed by atoms with Gasteiger partial charge < -0.3 is 14.5 Å². The van der Waals surface area contributed by atoms with Crippen molar-refractivity contribution in [3.05, 3.63) is 58.4 Å². The number of ether oxygens (including phenoxy) is 1. The number of nitrogens with zero attached hydrogens (tertiary/aromatic N) is 2. The molecule has 0 bridgehead atoms. The van der Waals surface area contributed by atoms with E-state index in [0.717, 1.165) is 0 Å². The van der Waals surface area contributed by atoms with Gasteiger partial charge in [0.15, 0.2) is 0 Å². The van der Waals surface area contributed by atoms with Gasteiger partial charge in [-0.25, -0.2) is 0 Å². The fraction of sp³-hybridized carbons (Fsp3) is 0.167. The highest BCUT2D eigenvalue weighted by Gasteiger charge is 2.14. The van der Waals surface area contributed by atoms with Crippen LogP contribution >= 0.6 is 23.2 Å². The van der Waals surface area contributed by atoms with Crippen LogP contribution in [0, 0.1) is 0 Å². The highest BCUT2D eigenvalue weighted by atomic mass is 35.5. The van der Waals surface area contributed by atoms with Crippen LogP contribution in [0.3, 0.4) is 0 Å². The van der Waals surface area contributed by atoms with Gasteiger partial charge in [-0.1, -0.05) is 35.3 Å². The van der Waals surface area contributed by atoms with E-state index in [-0.39, 0.29) is 12.3 Å². The molecule has 0 aliphatic carbocycles. The SMILES string of the molecule is COc1ccccc1-c1nnc(CCC(=O)Nc2ccc(Cl)cc2Cl)o1. The molecule has 3 rings (SSSR count). The molecule has 0 unspecified atom stereocenters. The van der Waals surface area contributed by atoms with Crippen LogP contribution in [0.25, 0.3) is 11.5 Å². The number of carbonyl (C=O) groups excluding carboxylic acids is 1. The highest BCUT2D eigenvalue weighted by molar-refractivity contribution is 6.36. The number of anilines is 1. The summed E-state index contributed by atoms with van der Waals surface area (Å²) in [7, 11) is 1.57. The number of aryl methyl sites for hydroxylation is 1.